The summed E-state index contributed by atoms with van der Waals surface area (Å²) in [5.41, 5.74) is 0.804. The number of carbonyl (C=O) groups excluding carboxylic acids is 1. The molecule has 0 unspecified atom stereocenters. The summed E-state index contributed by atoms with van der Waals surface area (Å²) in [5, 5.41) is 2.90. The van der Waals surface area contributed by atoms with Crippen molar-refractivity contribution in [2.45, 2.75) is 66.0 Å². The van der Waals surface area contributed by atoms with Crippen LogP contribution in [0.5, 0.6) is 0 Å². The third-order valence-electron chi connectivity index (χ3n) is 2.33. The van der Waals surface area contributed by atoms with Gasteiger partial charge in [-0.05, 0) is 40.5 Å². The molecular weight excluding hydrogens is 202 g/mol. The first-order valence-electron chi connectivity index (χ1n) is 5.98. The molecule has 3 nitrogen and oxygen atoms in total. The maximum atomic E-state index is 11.6. The largest absolute Gasteiger partial charge is 0.444 e. The molecule has 0 spiro atoms. The number of allylic oxidation sites excluding steroid dienone is 1. The van der Waals surface area contributed by atoms with Crippen LogP contribution >= 0.6 is 0 Å². The second kappa shape index (κ2) is 6.56. The van der Waals surface area contributed by atoms with E-state index >= 15 is 0 Å². The summed E-state index contributed by atoms with van der Waals surface area (Å²) < 4.78 is 5.23. The average molecular weight is 227 g/mol. The Labute approximate surface area is 99.3 Å². The molecule has 0 saturated carbocycles. The smallest absolute Gasteiger partial charge is 0.408 e. The molecule has 0 heterocycles. The summed E-state index contributed by atoms with van der Waals surface area (Å²) in [7, 11) is 0. The van der Waals surface area contributed by atoms with Crippen LogP contribution in [0.25, 0.3) is 0 Å². The van der Waals surface area contributed by atoms with Crippen molar-refractivity contribution in [1.29, 1.82) is 0 Å². The van der Waals surface area contributed by atoms with E-state index in [0.717, 1.165) is 12.8 Å². The molecule has 0 saturated heterocycles. The zero-order valence-corrected chi connectivity index (χ0v) is 11.4. The van der Waals surface area contributed by atoms with E-state index in [0.29, 0.717) is 0 Å². The van der Waals surface area contributed by atoms with E-state index in [4.69, 9.17) is 4.74 Å². The van der Waals surface area contributed by atoms with Crippen LogP contribution in [0, 0.1) is 0 Å². The van der Waals surface area contributed by atoms with Crippen molar-refractivity contribution >= 4 is 6.09 Å². The summed E-state index contributed by atoms with van der Waals surface area (Å²) >= 11 is 0. The first-order valence-corrected chi connectivity index (χ1v) is 5.98. The van der Waals surface area contributed by atoms with E-state index in [-0.39, 0.29) is 12.1 Å². The van der Waals surface area contributed by atoms with Gasteiger partial charge in [0.25, 0.3) is 0 Å². The fraction of sp³-hybridized carbons (Fsp3) is 0.769. The summed E-state index contributed by atoms with van der Waals surface area (Å²) in [6, 6.07) is 0.0878. The van der Waals surface area contributed by atoms with Crippen molar-refractivity contribution in [2.75, 3.05) is 0 Å². The molecule has 16 heavy (non-hydrogen) atoms. The van der Waals surface area contributed by atoms with Crippen molar-refractivity contribution < 1.29 is 9.53 Å². The number of rotatable bonds is 4. The van der Waals surface area contributed by atoms with Crippen LogP contribution in [0.4, 0.5) is 4.79 Å². The SMILES string of the molecule is CC=C(CC)[C@@H](CC)NC(=O)OC(C)(C)C. The third-order valence-corrected chi connectivity index (χ3v) is 2.33. The Kier molecular flexibility index (Phi) is 6.16. The van der Waals surface area contributed by atoms with Crippen LogP contribution in [-0.2, 0) is 4.74 Å². The number of amides is 1. The Balaban J connectivity index is 4.39. The maximum Gasteiger partial charge on any atom is 0.408 e. The van der Waals surface area contributed by atoms with Gasteiger partial charge in [0.05, 0.1) is 6.04 Å². The normalized spacial score (nSPS) is 14.5. The lowest BCUT2D eigenvalue weighted by atomic mass is 10.0. The van der Waals surface area contributed by atoms with Crippen LogP contribution in [0.2, 0.25) is 0 Å². The summed E-state index contributed by atoms with van der Waals surface area (Å²) in [4.78, 5) is 11.6. The van der Waals surface area contributed by atoms with Crippen molar-refractivity contribution in [3.05, 3.63) is 11.6 Å². The van der Waals surface area contributed by atoms with Gasteiger partial charge in [0.15, 0.2) is 0 Å². The Morgan fingerprint density at radius 1 is 1.38 bits per heavy atom. The number of carbonyl (C=O) groups is 1. The van der Waals surface area contributed by atoms with E-state index in [1.165, 1.54) is 5.57 Å². The molecule has 0 aromatic carbocycles. The van der Waals surface area contributed by atoms with Crippen molar-refractivity contribution in [1.82, 2.24) is 5.32 Å². The van der Waals surface area contributed by atoms with Gasteiger partial charge >= 0.3 is 6.09 Å². The minimum Gasteiger partial charge on any atom is -0.444 e. The van der Waals surface area contributed by atoms with E-state index in [1.807, 2.05) is 27.7 Å². The molecule has 0 radical (unpaired) electrons. The van der Waals surface area contributed by atoms with Gasteiger partial charge in [-0.15, -0.1) is 0 Å². The number of nitrogens with one attached hydrogen (secondary N) is 1. The minimum atomic E-state index is -0.440. The maximum absolute atomic E-state index is 11.6. The zero-order chi connectivity index (χ0) is 12.8. The Bertz CT molecular complexity index is 251. The first-order chi connectivity index (χ1) is 7.34. The standard InChI is InChI=1S/C13H25NO2/c1-7-10(8-2)11(9-3)14-12(15)16-13(4,5)6/h7,11H,8-9H2,1-6H3,(H,14,15)/t11-/m1/s1. The topological polar surface area (TPSA) is 38.3 Å². The highest BCUT2D eigenvalue weighted by Gasteiger charge is 2.19. The van der Waals surface area contributed by atoms with Gasteiger partial charge in [-0.1, -0.05) is 25.5 Å². The first kappa shape index (κ1) is 15.0. The van der Waals surface area contributed by atoms with E-state index in [2.05, 4.69) is 25.2 Å². The number of hydrogen-bond acceptors (Lipinski definition) is 2. The minimum absolute atomic E-state index is 0.0878. The summed E-state index contributed by atoms with van der Waals surface area (Å²) in [5.74, 6) is 0. The lowest BCUT2D eigenvalue weighted by Crippen LogP contribution is -2.39. The molecule has 0 rings (SSSR count). The van der Waals surface area contributed by atoms with Crippen molar-refractivity contribution in [3.63, 3.8) is 0 Å². The lowest BCUT2D eigenvalue weighted by molar-refractivity contribution is 0.0510. The molecule has 1 atom stereocenters. The van der Waals surface area contributed by atoms with Gasteiger partial charge in [0, 0.05) is 0 Å². The highest BCUT2D eigenvalue weighted by atomic mass is 16.6. The molecule has 0 bridgehead atoms. The molecule has 0 aliphatic carbocycles. The van der Waals surface area contributed by atoms with Crippen molar-refractivity contribution in [3.8, 4) is 0 Å². The van der Waals surface area contributed by atoms with Crippen LogP contribution < -0.4 is 5.32 Å². The Hall–Kier alpha value is -0.990. The van der Waals surface area contributed by atoms with E-state index in [1.54, 1.807) is 0 Å². The number of ether oxygens (including phenoxy) is 1. The highest BCUT2D eigenvalue weighted by Crippen LogP contribution is 2.12. The average Bonchev–Trinajstić information content (AvgIpc) is 2.15. The second-order valence-corrected chi connectivity index (χ2v) is 4.82. The summed E-state index contributed by atoms with van der Waals surface area (Å²) in [6.07, 6.45) is 3.55. The van der Waals surface area contributed by atoms with Crippen LogP contribution in [0.3, 0.4) is 0 Å². The molecule has 1 amide bonds. The van der Waals surface area contributed by atoms with Gasteiger partial charge in [-0.2, -0.15) is 0 Å². The van der Waals surface area contributed by atoms with Crippen LogP contribution in [-0.4, -0.2) is 17.7 Å². The molecule has 0 fully saturated rings. The molecule has 0 aliphatic heterocycles. The third kappa shape index (κ3) is 5.79. The van der Waals surface area contributed by atoms with Gasteiger partial charge in [-0.3, -0.25) is 0 Å². The van der Waals surface area contributed by atoms with Gasteiger partial charge in [0.1, 0.15) is 5.60 Å². The molecule has 1 N–H and O–H groups in total. The lowest BCUT2D eigenvalue weighted by Gasteiger charge is -2.24. The van der Waals surface area contributed by atoms with E-state index in [9.17, 15) is 4.79 Å². The number of alkyl carbamates (subject to hydrolysis) is 1. The van der Waals surface area contributed by atoms with Crippen molar-refractivity contribution in [2.24, 2.45) is 0 Å². The molecule has 3 heteroatoms. The summed E-state index contributed by atoms with van der Waals surface area (Å²) in [6.45, 7) is 11.7. The quantitative estimate of drug-likeness (QED) is 0.744. The molecule has 0 aromatic rings. The molecule has 94 valence electrons. The monoisotopic (exact) mass is 227 g/mol. The molecule has 0 aliphatic rings. The Morgan fingerprint density at radius 3 is 2.25 bits per heavy atom. The predicted molar refractivity (Wildman–Crippen MR) is 67.5 cm³/mol. The predicted octanol–water partition coefficient (Wildman–Crippen LogP) is 3.65. The highest BCUT2D eigenvalue weighted by molar-refractivity contribution is 5.68. The second-order valence-electron chi connectivity index (χ2n) is 4.82. The number of hydrogen-bond donors (Lipinski definition) is 1. The van der Waals surface area contributed by atoms with Crippen LogP contribution in [0.15, 0.2) is 11.6 Å². The zero-order valence-electron chi connectivity index (χ0n) is 11.4. The van der Waals surface area contributed by atoms with Gasteiger partial charge in [-0.25, -0.2) is 4.79 Å². The van der Waals surface area contributed by atoms with E-state index < -0.39 is 5.60 Å². The molecule has 0 aromatic heterocycles. The molecular formula is C13H25NO2. The van der Waals surface area contributed by atoms with Gasteiger partial charge < -0.3 is 10.1 Å². The Morgan fingerprint density at radius 2 is 1.94 bits per heavy atom. The van der Waals surface area contributed by atoms with Gasteiger partial charge in [0.2, 0.25) is 0 Å². The van der Waals surface area contributed by atoms with Crippen LogP contribution in [0.1, 0.15) is 54.4 Å². The fourth-order valence-corrected chi connectivity index (χ4v) is 1.56. The fourth-order valence-electron chi connectivity index (χ4n) is 1.56.